The van der Waals surface area contributed by atoms with Gasteiger partial charge in [0.05, 0.1) is 11.4 Å². The van der Waals surface area contributed by atoms with Crippen LogP contribution in [0.15, 0.2) is 29.2 Å². The molecule has 0 fully saturated rings. The van der Waals surface area contributed by atoms with Gasteiger partial charge in [-0.15, -0.1) is 0 Å². The van der Waals surface area contributed by atoms with E-state index in [1.54, 1.807) is 24.3 Å². The minimum atomic E-state index is -3.59. The molecule has 20 heavy (non-hydrogen) atoms. The molecule has 0 bridgehead atoms. The van der Waals surface area contributed by atoms with Crippen LogP contribution in [-0.2, 0) is 10.0 Å². The van der Waals surface area contributed by atoms with Gasteiger partial charge in [0.1, 0.15) is 0 Å². The van der Waals surface area contributed by atoms with Crippen molar-refractivity contribution in [2.24, 2.45) is 5.73 Å². The molecule has 1 rings (SSSR count). The molecular formula is C14H21N3O2S. The highest BCUT2D eigenvalue weighted by Crippen LogP contribution is 2.14. The number of hydrogen-bond donors (Lipinski definition) is 2. The number of nitrogens with one attached hydrogen (secondary N) is 1. The molecule has 0 aliphatic heterocycles. The van der Waals surface area contributed by atoms with Crippen LogP contribution in [0.3, 0.4) is 0 Å². The minimum absolute atomic E-state index is 0.187. The van der Waals surface area contributed by atoms with Crippen LogP contribution in [-0.4, -0.2) is 46.5 Å². The molecular weight excluding hydrogens is 274 g/mol. The molecule has 0 aliphatic rings. The fourth-order valence-corrected chi connectivity index (χ4v) is 3.26. The summed E-state index contributed by atoms with van der Waals surface area (Å²) in [5.41, 5.74) is 5.79. The second-order valence-corrected chi connectivity index (χ2v) is 6.47. The largest absolute Gasteiger partial charge is 0.320 e. The number of benzene rings is 1. The van der Waals surface area contributed by atoms with Crippen LogP contribution >= 0.6 is 0 Å². The number of likely N-dealkylation sites (N-methyl/N-ethyl adjacent to an activating group) is 1. The van der Waals surface area contributed by atoms with Crippen LogP contribution in [0.2, 0.25) is 0 Å². The van der Waals surface area contributed by atoms with Gasteiger partial charge in [0.25, 0.3) is 0 Å². The van der Waals surface area contributed by atoms with Crippen molar-refractivity contribution in [1.82, 2.24) is 9.62 Å². The van der Waals surface area contributed by atoms with Gasteiger partial charge in [0, 0.05) is 18.2 Å². The van der Waals surface area contributed by atoms with Crippen molar-refractivity contribution in [3.8, 4) is 11.8 Å². The molecule has 1 aromatic carbocycles. The quantitative estimate of drug-likeness (QED) is 0.762. The lowest BCUT2D eigenvalue weighted by atomic mass is 10.2. The molecule has 0 amide bonds. The van der Waals surface area contributed by atoms with E-state index in [0.29, 0.717) is 12.1 Å². The number of rotatable bonds is 5. The van der Waals surface area contributed by atoms with Crippen molar-refractivity contribution in [2.75, 3.05) is 27.2 Å². The molecule has 0 spiro atoms. The summed E-state index contributed by atoms with van der Waals surface area (Å²) in [5, 5.41) is 0. The van der Waals surface area contributed by atoms with E-state index in [4.69, 9.17) is 5.73 Å². The van der Waals surface area contributed by atoms with Crippen LogP contribution in [0.4, 0.5) is 0 Å². The maximum absolute atomic E-state index is 12.4. The summed E-state index contributed by atoms with van der Waals surface area (Å²) in [4.78, 5) is 2.11. The third-order valence-electron chi connectivity index (χ3n) is 2.50. The molecule has 0 saturated carbocycles. The van der Waals surface area contributed by atoms with Gasteiger partial charge in [-0.3, -0.25) is 0 Å². The molecule has 1 atom stereocenters. The van der Waals surface area contributed by atoms with Gasteiger partial charge in [-0.1, -0.05) is 24.0 Å². The normalized spacial score (nSPS) is 12.8. The van der Waals surface area contributed by atoms with Crippen LogP contribution in [0, 0.1) is 11.8 Å². The molecule has 5 nitrogen and oxygen atoms in total. The summed E-state index contributed by atoms with van der Waals surface area (Å²) in [7, 11) is 0.202. The average molecular weight is 295 g/mol. The second kappa shape index (κ2) is 7.41. The molecule has 3 N–H and O–H groups in total. The van der Waals surface area contributed by atoms with Crippen molar-refractivity contribution in [1.29, 1.82) is 0 Å². The first-order valence-corrected chi connectivity index (χ1v) is 7.80. The molecule has 1 aromatic rings. The summed E-state index contributed by atoms with van der Waals surface area (Å²) in [6, 6.07) is 6.46. The van der Waals surface area contributed by atoms with E-state index < -0.39 is 10.0 Å². The average Bonchev–Trinajstić information content (AvgIpc) is 2.34. The monoisotopic (exact) mass is 295 g/mol. The van der Waals surface area contributed by atoms with Gasteiger partial charge in [-0.2, -0.15) is 0 Å². The molecule has 0 aromatic heterocycles. The second-order valence-electron chi connectivity index (χ2n) is 4.79. The molecule has 6 heteroatoms. The molecule has 110 valence electrons. The van der Waals surface area contributed by atoms with Crippen LogP contribution in [0.1, 0.15) is 12.5 Å². The van der Waals surface area contributed by atoms with E-state index in [1.807, 2.05) is 25.9 Å². The Morgan fingerprint density at radius 2 is 2.00 bits per heavy atom. The van der Waals surface area contributed by atoms with Crippen molar-refractivity contribution in [3.05, 3.63) is 29.8 Å². The first-order valence-electron chi connectivity index (χ1n) is 6.32. The third kappa shape index (κ3) is 4.94. The third-order valence-corrected chi connectivity index (χ3v) is 4.14. The fraction of sp³-hybridized carbons (Fsp3) is 0.429. The van der Waals surface area contributed by atoms with Gasteiger partial charge < -0.3 is 10.6 Å². The zero-order valence-electron chi connectivity index (χ0n) is 12.1. The molecule has 0 heterocycles. The van der Waals surface area contributed by atoms with Gasteiger partial charge >= 0.3 is 0 Å². The van der Waals surface area contributed by atoms with Crippen molar-refractivity contribution >= 4 is 10.0 Å². The Morgan fingerprint density at radius 1 is 1.35 bits per heavy atom. The number of nitrogens with two attached hydrogens (primary N) is 1. The lowest BCUT2D eigenvalue weighted by Crippen LogP contribution is -2.39. The topological polar surface area (TPSA) is 75.4 Å². The predicted octanol–water partition coefficient (Wildman–Crippen LogP) is 0.225. The zero-order chi connectivity index (χ0) is 15.2. The maximum Gasteiger partial charge on any atom is 0.242 e. The predicted molar refractivity (Wildman–Crippen MR) is 80.7 cm³/mol. The van der Waals surface area contributed by atoms with E-state index in [2.05, 4.69) is 16.6 Å². The number of hydrogen-bond acceptors (Lipinski definition) is 4. The van der Waals surface area contributed by atoms with Crippen molar-refractivity contribution < 1.29 is 8.42 Å². The Bertz CT molecular complexity index is 600. The molecule has 0 aliphatic carbocycles. The summed E-state index contributed by atoms with van der Waals surface area (Å²) in [6.45, 7) is 2.64. The summed E-state index contributed by atoms with van der Waals surface area (Å²) in [5.74, 6) is 5.47. The summed E-state index contributed by atoms with van der Waals surface area (Å²) in [6.07, 6.45) is 0. The lowest BCUT2D eigenvalue weighted by Gasteiger charge is -2.18. The molecule has 0 radical (unpaired) electrons. The van der Waals surface area contributed by atoms with Gasteiger partial charge in [0.15, 0.2) is 0 Å². The molecule has 1 unspecified atom stereocenters. The first kappa shape index (κ1) is 16.7. The van der Waals surface area contributed by atoms with Gasteiger partial charge in [-0.05, 0) is 33.2 Å². The smallest absolute Gasteiger partial charge is 0.242 e. The molecule has 0 saturated heterocycles. The Kier molecular flexibility index (Phi) is 6.17. The Balaban J connectivity index is 3.04. The lowest BCUT2D eigenvalue weighted by molar-refractivity contribution is 0.370. The van der Waals surface area contributed by atoms with Crippen LogP contribution < -0.4 is 10.5 Å². The Labute approximate surface area is 121 Å². The maximum atomic E-state index is 12.4. The number of sulfonamides is 1. The highest BCUT2D eigenvalue weighted by molar-refractivity contribution is 7.89. The zero-order valence-corrected chi connectivity index (χ0v) is 12.9. The Morgan fingerprint density at radius 3 is 2.60 bits per heavy atom. The van der Waals surface area contributed by atoms with E-state index >= 15 is 0 Å². The first-order chi connectivity index (χ1) is 9.36. The Hall–Kier alpha value is -1.39. The van der Waals surface area contributed by atoms with E-state index in [0.717, 1.165) is 0 Å². The van der Waals surface area contributed by atoms with Gasteiger partial charge in [-0.25, -0.2) is 13.1 Å². The van der Waals surface area contributed by atoms with Gasteiger partial charge in [0.2, 0.25) is 10.0 Å². The highest BCUT2D eigenvalue weighted by Gasteiger charge is 2.20. The SMILES string of the molecule is CC(CN(C)C)NS(=O)(=O)c1ccccc1C#CCN. The number of nitrogens with zero attached hydrogens (tertiary/aromatic N) is 1. The highest BCUT2D eigenvalue weighted by atomic mass is 32.2. The van der Waals surface area contributed by atoms with Crippen LogP contribution in [0.25, 0.3) is 0 Å². The van der Waals surface area contributed by atoms with Crippen LogP contribution in [0.5, 0.6) is 0 Å². The minimum Gasteiger partial charge on any atom is -0.320 e. The van der Waals surface area contributed by atoms with E-state index in [9.17, 15) is 8.42 Å². The van der Waals surface area contributed by atoms with E-state index in [1.165, 1.54) is 0 Å². The summed E-state index contributed by atoms with van der Waals surface area (Å²) >= 11 is 0. The van der Waals surface area contributed by atoms with Crippen molar-refractivity contribution in [2.45, 2.75) is 17.9 Å². The van der Waals surface area contributed by atoms with Crippen molar-refractivity contribution in [3.63, 3.8) is 0 Å². The standard InChI is InChI=1S/C14H21N3O2S/c1-12(11-17(2)3)16-20(18,19)14-9-5-4-7-13(14)8-6-10-15/h4-5,7,9,12,16H,10-11,15H2,1-3H3. The fourth-order valence-electron chi connectivity index (χ4n) is 1.86. The summed E-state index contributed by atoms with van der Waals surface area (Å²) < 4.78 is 27.4. The van der Waals surface area contributed by atoms with E-state index in [-0.39, 0.29) is 17.5 Å².